The molecule has 0 bridgehead atoms. The molecule has 0 amide bonds. The average Bonchev–Trinajstić information content (AvgIpc) is 2.65. The summed E-state index contributed by atoms with van der Waals surface area (Å²) < 4.78 is 10.7. The third-order valence-corrected chi connectivity index (χ3v) is 2.40. The molecule has 0 atom stereocenters. The number of hydrogen-bond donors (Lipinski definition) is 0. The second-order valence-electron chi connectivity index (χ2n) is 2.98. The molecule has 1 heterocycles. The number of ether oxygens (including phenoxy) is 1. The highest BCUT2D eigenvalue weighted by Crippen LogP contribution is 2.14. The van der Waals surface area contributed by atoms with Crippen LogP contribution in [-0.2, 0) is 6.42 Å². The Balaban J connectivity index is 2.11. The van der Waals surface area contributed by atoms with Crippen molar-refractivity contribution in [3.63, 3.8) is 0 Å². The Hall–Kier alpha value is -1.11. The maximum absolute atomic E-state index is 5.07. The Labute approximate surface area is 101 Å². The molecule has 5 heteroatoms. The minimum absolute atomic E-state index is 0.629. The van der Waals surface area contributed by atoms with Gasteiger partial charge in [0.25, 0.3) is 0 Å². The number of aromatic nitrogens is 2. The molecule has 4 nitrogen and oxygen atoms in total. The van der Waals surface area contributed by atoms with Crippen molar-refractivity contribution < 1.29 is 9.26 Å². The van der Waals surface area contributed by atoms with E-state index in [1.807, 2.05) is 46.9 Å². The molecule has 0 saturated carbocycles. The molecule has 15 heavy (non-hydrogen) atoms. The zero-order chi connectivity index (χ0) is 10.7. The number of halogens is 1. The number of rotatable bonds is 3. The van der Waals surface area contributed by atoms with Gasteiger partial charge in [0.2, 0.25) is 9.72 Å². The van der Waals surface area contributed by atoms with Gasteiger partial charge in [-0.25, -0.2) is 0 Å². The molecule has 0 unspecified atom stereocenters. The van der Waals surface area contributed by atoms with Crippen molar-refractivity contribution in [2.24, 2.45) is 0 Å². The fraction of sp³-hybridized carbons (Fsp3) is 0.200. The van der Waals surface area contributed by atoms with Gasteiger partial charge in [-0.3, -0.25) is 0 Å². The fourth-order valence-corrected chi connectivity index (χ4v) is 1.59. The molecule has 0 aliphatic rings. The van der Waals surface area contributed by atoms with Crippen molar-refractivity contribution in [2.75, 3.05) is 7.11 Å². The summed E-state index contributed by atoms with van der Waals surface area (Å²) in [7, 11) is 1.65. The predicted molar refractivity (Wildman–Crippen MR) is 62.8 cm³/mol. The van der Waals surface area contributed by atoms with E-state index in [2.05, 4.69) is 10.1 Å². The molecular weight excluding hydrogens is 307 g/mol. The second kappa shape index (κ2) is 4.61. The molecule has 78 valence electrons. The van der Waals surface area contributed by atoms with Crippen molar-refractivity contribution in [3.05, 3.63) is 39.6 Å². The minimum atomic E-state index is 0.629. The van der Waals surface area contributed by atoms with Gasteiger partial charge < -0.3 is 9.26 Å². The van der Waals surface area contributed by atoms with Gasteiger partial charge >= 0.3 is 0 Å². The standard InChI is InChI=1S/C10H9IN2O2/c1-14-8-4-2-7(3-5-8)6-9-12-10(11)13-15-9/h2-5H,6H2,1H3. The van der Waals surface area contributed by atoms with Gasteiger partial charge in [0.15, 0.2) is 0 Å². The zero-order valence-corrected chi connectivity index (χ0v) is 10.3. The van der Waals surface area contributed by atoms with Gasteiger partial charge in [-0.2, -0.15) is 4.98 Å². The van der Waals surface area contributed by atoms with Gasteiger partial charge in [-0.05, 0) is 17.7 Å². The van der Waals surface area contributed by atoms with Crippen LogP contribution < -0.4 is 4.74 Å². The molecular formula is C10H9IN2O2. The lowest BCUT2D eigenvalue weighted by atomic mass is 10.1. The number of nitrogens with zero attached hydrogens (tertiary/aromatic N) is 2. The number of methoxy groups -OCH3 is 1. The summed E-state index contributed by atoms with van der Waals surface area (Å²) in [5.74, 6) is 1.48. The second-order valence-corrected chi connectivity index (χ2v) is 3.95. The molecule has 0 aliphatic heterocycles. The molecule has 1 aromatic carbocycles. The third kappa shape index (κ3) is 2.68. The molecule has 2 rings (SSSR count). The molecule has 0 fully saturated rings. The van der Waals surface area contributed by atoms with Crippen LogP contribution in [0.5, 0.6) is 5.75 Å². The molecule has 0 N–H and O–H groups in total. The first-order valence-electron chi connectivity index (χ1n) is 4.39. The minimum Gasteiger partial charge on any atom is -0.497 e. The Kier molecular flexibility index (Phi) is 3.20. The molecule has 0 aliphatic carbocycles. The lowest BCUT2D eigenvalue weighted by molar-refractivity contribution is 0.381. The maximum atomic E-state index is 5.07. The molecule has 1 aromatic heterocycles. The molecule has 2 aromatic rings. The monoisotopic (exact) mass is 316 g/mol. The first kappa shape index (κ1) is 10.4. The van der Waals surface area contributed by atoms with Gasteiger partial charge in [-0.1, -0.05) is 17.3 Å². The summed E-state index contributed by atoms with van der Waals surface area (Å²) in [5.41, 5.74) is 1.12. The van der Waals surface area contributed by atoms with E-state index in [1.54, 1.807) is 7.11 Å². The van der Waals surface area contributed by atoms with Crippen LogP contribution in [-0.4, -0.2) is 17.3 Å². The van der Waals surface area contributed by atoms with Crippen molar-refractivity contribution in [2.45, 2.75) is 6.42 Å². The lowest BCUT2D eigenvalue weighted by Crippen LogP contribution is -1.89. The predicted octanol–water partition coefficient (Wildman–Crippen LogP) is 2.27. The van der Waals surface area contributed by atoms with Crippen molar-refractivity contribution >= 4 is 22.6 Å². The van der Waals surface area contributed by atoms with Gasteiger partial charge in [0.1, 0.15) is 5.75 Å². The fourth-order valence-electron chi connectivity index (χ4n) is 1.22. The first-order chi connectivity index (χ1) is 7.28. The highest BCUT2D eigenvalue weighted by Gasteiger charge is 2.04. The van der Waals surface area contributed by atoms with E-state index < -0.39 is 0 Å². The van der Waals surface area contributed by atoms with Crippen LogP contribution in [0.1, 0.15) is 11.5 Å². The SMILES string of the molecule is COc1ccc(Cc2nc(I)no2)cc1. The average molecular weight is 316 g/mol. The molecule has 0 spiro atoms. The van der Waals surface area contributed by atoms with Crippen LogP contribution >= 0.6 is 22.6 Å². The van der Waals surface area contributed by atoms with E-state index >= 15 is 0 Å². The highest BCUT2D eigenvalue weighted by atomic mass is 127. The van der Waals surface area contributed by atoms with Crippen LogP contribution in [0, 0.1) is 3.83 Å². The third-order valence-electron chi connectivity index (χ3n) is 1.96. The van der Waals surface area contributed by atoms with E-state index in [-0.39, 0.29) is 0 Å². The normalized spacial score (nSPS) is 10.3. The van der Waals surface area contributed by atoms with Crippen LogP contribution in [0.2, 0.25) is 0 Å². The van der Waals surface area contributed by atoms with Crippen LogP contribution in [0.4, 0.5) is 0 Å². The summed E-state index contributed by atoms with van der Waals surface area (Å²) in [5, 5.41) is 3.72. The maximum Gasteiger partial charge on any atom is 0.232 e. The van der Waals surface area contributed by atoms with Crippen LogP contribution in [0.3, 0.4) is 0 Å². The van der Waals surface area contributed by atoms with Gasteiger partial charge in [0, 0.05) is 22.6 Å². The lowest BCUT2D eigenvalue weighted by Gasteiger charge is -2.00. The Morgan fingerprint density at radius 2 is 2.07 bits per heavy atom. The van der Waals surface area contributed by atoms with Crippen LogP contribution in [0.15, 0.2) is 28.8 Å². The molecule has 0 saturated heterocycles. The number of benzene rings is 1. The summed E-state index contributed by atoms with van der Waals surface area (Å²) in [6.45, 7) is 0. The van der Waals surface area contributed by atoms with E-state index in [1.165, 1.54) is 0 Å². The molecule has 0 radical (unpaired) electrons. The van der Waals surface area contributed by atoms with Crippen molar-refractivity contribution in [1.82, 2.24) is 10.1 Å². The quantitative estimate of drug-likeness (QED) is 0.815. The van der Waals surface area contributed by atoms with E-state index in [0.717, 1.165) is 11.3 Å². The number of hydrogen-bond acceptors (Lipinski definition) is 4. The largest absolute Gasteiger partial charge is 0.497 e. The topological polar surface area (TPSA) is 48.2 Å². The smallest absolute Gasteiger partial charge is 0.232 e. The summed E-state index contributed by atoms with van der Waals surface area (Å²) in [6, 6.07) is 7.79. The van der Waals surface area contributed by atoms with E-state index in [0.29, 0.717) is 16.1 Å². The van der Waals surface area contributed by atoms with Gasteiger partial charge in [-0.15, -0.1) is 0 Å². The highest BCUT2D eigenvalue weighted by molar-refractivity contribution is 14.1. The Morgan fingerprint density at radius 1 is 1.33 bits per heavy atom. The summed E-state index contributed by atoms with van der Waals surface area (Å²) >= 11 is 2.02. The van der Waals surface area contributed by atoms with Crippen LogP contribution in [0.25, 0.3) is 0 Å². The first-order valence-corrected chi connectivity index (χ1v) is 5.47. The van der Waals surface area contributed by atoms with Gasteiger partial charge in [0.05, 0.1) is 13.5 Å². The summed E-state index contributed by atoms with van der Waals surface area (Å²) in [6.07, 6.45) is 0.653. The van der Waals surface area contributed by atoms with Crippen molar-refractivity contribution in [3.8, 4) is 5.75 Å². The Morgan fingerprint density at radius 3 is 2.60 bits per heavy atom. The van der Waals surface area contributed by atoms with E-state index in [9.17, 15) is 0 Å². The van der Waals surface area contributed by atoms with E-state index in [4.69, 9.17) is 9.26 Å². The Bertz CT molecular complexity index is 439. The zero-order valence-electron chi connectivity index (χ0n) is 8.11. The summed E-state index contributed by atoms with van der Waals surface area (Å²) in [4.78, 5) is 4.13. The van der Waals surface area contributed by atoms with Crippen molar-refractivity contribution in [1.29, 1.82) is 0 Å².